The predicted octanol–water partition coefficient (Wildman–Crippen LogP) is 23.1. The molecule has 0 aromatic rings. The molecule has 0 aliphatic carbocycles. The molecule has 19 heteroatoms. The summed E-state index contributed by atoms with van der Waals surface area (Å²) in [5.74, 6) is -0.601. The number of rotatable bonds is 77. The van der Waals surface area contributed by atoms with Crippen LogP contribution in [0, 0.1) is 11.8 Å². The molecule has 0 fully saturated rings. The van der Waals surface area contributed by atoms with Gasteiger partial charge in [0.1, 0.15) is 19.3 Å². The third-order valence-corrected chi connectivity index (χ3v) is 20.5. The number of hydrogen-bond acceptors (Lipinski definition) is 15. The van der Waals surface area contributed by atoms with Crippen molar-refractivity contribution in [2.45, 2.75) is 426 Å². The molecule has 17 nitrogen and oxygen atoms in total. The topological polar surface area (TPSA) is 237 Å². The van der Waals surface area contributed by atoms with Crippen LogP contribution >= 0.6 is 15.6 Å². The first kappa shape index (κ1) is 95.1. The van der Waals surface area contributed by atoms with E-state index in [2.05, 4.69) is 41.5 Å². The van der Waals surface area contributed by atoms with E-state index in [1.165, 1.54) is 225 Å². The molecule has 0 radical (unpaired) electrons. The molecule has 0 aliphatic rings. The van der Waals surface area contributed by atoms with Crippen LogP contribution in [0.2, 0.25) is 0 Å². The van der Waals surface area contributed by atoms with Crippen molar-refractivity contribution in [2.75, 3.05) is 39.6 Å². The largest absolute Gasteiger partial charge is 0.472 e. The fraction of sp³-hybridized carbons (Fsp3) is 0.949. The highest BCUT2D eigenvalue weighted by atomic mass is 31.2. The van der Waals surface area contributed by atoms with Crippen molar-refractivity contribution < 1.29 is 80.2 Å². The number of phosphoric acid groups is 2. The van der Waals surface area contributed by atoms with Crippen LogP contribution in [-0.4, -0.2) is 96.7 Å². The fourth-order valence-corrected chi connectivity index (χ4v) is 13.6. The minimum atomic E-state index is -4.96. The average molecular weight is 1420 g/mol. The molecule has 576 valence electrons. The van der Waals surface area contributed by atoms with Crippen molar-refractivity contribution in [3.05, 3.63) is 0 Å². The lowest BCUT2D eigenvalue weighted by Crippen LogP contribution is -2.30. The van der Waals surface area contributed by atoms with Gasteiger partial charge in [-0.05, 0) is 37.5 Å². The van der Waals surface area contributed by atoms with Crippen molar-refractivity contribution >= 4 is 39.5 Å². The van der Waals surface area contributed by atoms with Crippen molar-refractivity contribution in [1.82, 2.24) is 0 Å². The van der Waals surface area contributed by atoms with E-state index in [0.717, 1.165) is 95.8 Å². The highest BCUT2D eigenvalue weighted by Gasteiger charge is 2.30. The summed E-state index contributed by atoms with van der Waals surface area (Å²) in [5.41, 5.74) is 0. The summed E-state index contributed by atoms with van der Waals surface area (Å²) < 4.78 is 68.5. The Balaban J connectivity index is 5.17. The Kier molecular flexibility index (Phi) is 68.4. The lowest BCUT2D eigenvalue weighted by molar-refractivity contribution is -0.161. The summed E-state index contributed by atoms with van der Waals surface area (Å²) in [7, 11) is -9.91. The van der Waals surface area contributed by atoms with Crippen LogP contribution in [0.15, 0.2) is 0 Å². The lowest BCUT2D eigenvalue weighted by atomic mass is 9.99. The number of unbranched alkanes of at least 4 members (excludes halogenated alkanes) is 46. The molecule has 0 aliphatic heterocycles. The van der Waals surface area contributed by atoms with Gasteiger partial charge in [0.2, 0.25) is 0 Å². The average Bonchev–Trinajstić information content (AvgIpc) is 3.31. The van der Waals surface area contributed by atoms with Gasteiger partial charge in [0.25, 0.3) is 0 Å². The van der Waals surface area contributed by atoms with Crippen LogP contribution < -0.4 is 0 Å². The summed E-state index contributed by atoms with van der Waals surface area (Å²) in [6.45, 7) is 9.55. The van der Waals surface area contributed by atoms with E-state index in [9.17, 15) is 43.2 Å². The molecular formula is C78H152O17P2. The Hall–Kier alpha value is -1.94. The molecule has 3 unspecified atom stereocenters. The molecule has 0 spiro atoms. The Morgan fingerprint density at radius 1 is 0.299 bits per heavy atom. The van der Waals surface area contributed by atoms with E-state index in [1.807, 2.05) is 0 Å². The molecule has 97 heavy (non-hydrogen) atoms. The van der Waals surface area contributed by atoms with Crippen LogP contribution in [0.5, 0.6) is 0 Å². The highest BCUT2D eigenvalue weighted by molar-refractivity contribution is 7.47. The van der Waals surface area contributed by atoms with E-state index in [1.54, 1.807) is 0 Å². The maximum Gasteiger partial charge on any atom is 0.472 e. The van der Waals surface area contributed by atoms with E-state index in [-0.39, 0.29) is 25.7 Å². The number of ether oxygens (including phenoxy) is 4. The molecule has 3 N–H and O–H groups in total. The number of hydrogen-bond donors (Lipinski definition) is 3. The Labute approximate surface area is 594 Å². The quantitative estimate of drug-likeness (QED) is 0.0222. The summed E-state index contributed by atoms with van der Waals surface area (Å²) in [5, 5.41) is 10.6. The van der Waals surface area contributed by atoms with Gasteiger partial charge in [-0.3, -0.25) is 37.3 Å². The minimum Gasteiger partial charge on any atom is -0.462 e. The number of phosphoric ester groups is 2. The van der Waals surface area contributed by atoms with Gasteiger partial charge in [0.15, 0.2) is 12.2 Å². The number of aliphatic hydroxyl groups is 1. The first-order chi connectivity index (χ1) is 46.9. The lowest BCUT2D eigenvalue weighted by Gasteiger charge is -2.21. The molecule has 0 aromatic heterocycles. The Bertz CT molecular complexity index is 1870. The first-order valence-corrected chi connectivity index (χ1v) is 43.5. The number of aliphatic hydroxyl groups excluding tert-OH is 1. The van der Waals surface area contributed by atoms with Gasteiger partial charge in [-0.15, -0.1) is 0 Å². The van der Waals surface area contributed by atoms with Gasteiger partial charge < -0.3 is 33.8 Å². The predicted molar refractivity (Wildman–Crippen MR) is 395 cm³/mol. The molecular weight excluding hydrogens is 1270 g/mol. The third-order valence-electron chi connectivity index (χ3n) is 18.6. The molecule has 0 amide bonds. The van der Waals surface area contributed by atoms with E-state index >= 15 is 0 Å². The molecule has 0 rings (SSSR count). The van der Waals surface area contributed by atoms with Crippen LogP contribution in [0.3, 0.4) is 0 Å². The maximum atomic E-state index is 13.1. The first-order valence-electron chi connectivity index (χ1n) is 40.5. The Morgan fingerprint density at radius 2 is 0.526 bits per heavy atom. The number of carbonyl (C=O) groups is 4. The second-order valence-corrected chi connectivity index (χ2v) is 31.7. The number of esters is 4. The van der Waals surface area contributed by atoms with Crippen LogP contribution in [-0.2, 0) is 65.4 Å². The maximum absolute atomic E-state index is 13.1. The highest BCUT2D eigenvalue weighted by Crippen LogP contribution is 2.45. The second kappa shape index (κ2) is 69.8. The molecule has 0 aromatic carbocycles. The van der Waals surface area contributed by atoms with Gasteiger partial charge in [-0.25, -0.2) is 9.13 Å². The summed E-state index contributed by atoms with van der Waals surface area (Å²) in [6, 6.07) is 0. The fourth-order valence-electron chi connectivity index (χ4n) is 12.0. The van der Waals surface area contributed by atoms with Crippen molar-refractivity contribution in [3.63, 3.8) is 0 Å². The molecule has 0 saturated carbocycles. The zero-order chi connectivity index (χ0) is 71.4. The molecule has 0 heterocycles. The van der Waals surface area contributed by atoms with Gasteiger partial charge in [0, 0.05) is 25.7 Å². The van der Waals surface area contributed by atoms with E-state index in [0.29, 0.717) is 31.6 Å². The standard InChI is InChI=1S/C78H152O17P2/c1-7-10-12-14-16-18-19-20-21-22-23-24-25-26-27-32-35-39-43-50-56-62-77(82)94-73(66-89-76(81)61-55-49-42-38-34-31-29-28-30-33-37-40-47-53-59-71(6)9-3)68-92-96(84,85)90-64-72(79)65-91-97(86,87)93-69-74(95-78(83)63-57-51-45-44-46-52-58-70(4)5)67-88-75(80)60-54-48-41-36-17-15-13-11-8-2/h70-74,79H,7-69H2,1-6H3,(H,84,85)(H,86,87)/t71?,72-,73-,74-/m1/s1. The second-order valence-electron chi connectivity index (χ2n) is 28.8. The monoisotopic (exact) mass is 1420 g/mol. The SMILES string of the molecule is CCCCCCCCCCCCCCCCCCCCCCCC(=O)O[C@H](COC(=O)CCCCCCCCCCCCCCCCC(C)CC)COP(=O)(O)OC[C@@H](O)COP(=O)(O)OC[C@@H](COC(=O)CCCCCCCCCCC)OC(=O)CCCCCCCCC(C)C. The van der Waals surface area contributed by atoms with Crippen LogP contribution in [0.25, 0.3) is 0 Å². The van der Waals surface area contributed by atoms with Gasteiger partial charge in [-0.1, -0.05) is 356 Å². The van der Waals surface area contributed by atoms with Crippen LogP contribution in [0.4, 0.5) is 0 Å². The summed E-state index contributed by atoms with van der Waals surface area (Å²) in [4.78, 5) is 72.7. The van der Waals surface area contributed by atoms with E-state index < -0.39 is 97.5 Å². The van der Waals surface area contributed by atoms with Gasteiger partial charge in [-0.2, -0.15) is 0 Å². The normalized spacial score (nSPS) is 14.2. The molecule has 0 saturated heterocycles. The zero-order valence-corrected chi connectivity index (χ0v) is 65.2. The summed E-state index contributed by atoms with van der Waals surface area (Å²) in [6.07, 6.45) is 58.6. The third kappa shape index (κ3) is 70.9. The van der Waals surface area contributed by atoms with Gasteiger partial charge in [0.05, 0.1) is 26.4 Å². The molecule has 0 bridgehead atoms. The van der Waals surface area contributed by atoms with Crippen molar-refractivity contribution in [3.8, 4) is 0 Å². The zero-order valence-electron chi connectivity index (χ0n) is 63.4. The van der Waals surface area contributed by atoms with E-state index in [4.69, 9.17) is 37.0 Å². The molecule has 6 atom stereocenters. The van der Waals surface area contributed by atoms with Crippen LogP contribution in [0.1, 0.15) is 408 Å². The minimum absolute atomic E-state index is 0.102. The number of carbonyl (C=O) groups excluding carboxylic acids is 4. The summed E-state index contributed by atoms with van der Waals surface area (Å²) >= 11 is 0. The van der Waals surface area contributed by atoms with Crippen molar-refractivity contribution in [1.29, 1.82) is 0 Å². The van der Waals surface area contributed by atoms with Crippen molar-refractivity contribution in [2.24, 2.45) is 11.8 Å². The Morgan fingerprint density at radius 3 is 0.784 bits per heavy atom. The van der Waals surface area contributed by atoms with Gasteiger partial charge >= 0.3 is 39.5 Å². The smallest absolute Gasteiger partial charge is 0.462 e.